The molecule has 1 unspecified atom stereocenters. The summed E-state index contributed by atoms with van der Waals surface area (Å²) in [6, 6.07) is 8.88. The van der Waals surface area contributed by atoms with Gasteiger partial charge in [-0.3, -0.25) is 28.5 Å². The molecule has 1 aliphatic rings. The number of hydrogen-bond acceptors (Lipinski definition) is 10. The predicted molar refractivity (Wildman–Crippen MR) is 221 cm³/mol. The number of ether oxygens (including phenoxy) is 2. The zero-order valence-corrected chi connectivity index (χ0v) is 35.0. The number of benzene rings is 2. The van der Waals surface area contributed by atoms with Crippen LogP contribution in [-0.2, 0) is 36.2 Å². The molecule has 3 aromatic heterocycles. The second-order valence-corrected chi connectivity index (χ2v) is 14.5. The Bertz CT molecular complexity index is 2610. The van der Waals surface area contributed by atoms with Crippen molar-refractivity contribution in [1.29, 1.82) is 0 Å². The van der Waals surface area contributed by atoms with Gasteiger partial charge >= 0.3 is 0 Å². The summed E-state index contributed by atoms with van der Waals surface area (Å²) in [6.07, 6.45) is -1.68. The highest BCUT2D eigenvalue weighted by atomic mass is 16.5. The molecule has 4 amide bonds. The average molecular weight is 826 g/mol. The number of primary amides is 2. The topological polar surface area (TPSA) is 253 Å². The minimum atomic E-state index is -0.847. The maximum atomic E-state index is 13.9. The second kappa shape index (κ2) is 17.3. The van der Waals surface area contributed by atoms with Gasteiger partial charge in [0.25, 0.3) is 11.8 Å². The lowest BCUT2D eigenvalue weighted by molar-refractivity contribution is -0.0688. The van der Waals surface area contributed by atoms with E-state index in [1.54, 1.807) is 83.3 Å². The van der Waals surface area contributed by atoms with Crippen molar-refractivity contribution in [3.63, 3.8) is 0 Å². The van der Waals surface area contributed by atoms with Gasteiger partial charge in [0.05, 0.1) is 35.7 Å². The van der Waals surface area contributed by atoms with Gasteiger partial charge in [-0.25, -0.2) is 0 Å². The van der Waals surface area contributed by atoms with Crippen molar-refractivity contribution in [1.82, 2.24) is 28.7 Å². The average Bonchev–Trinajstić information content (AvgIpc) is 3.92. The third kappa shape index (κ3) is 8.04. The smallest absolute Gasteiger partial charge is 0.298 e. The number of carbonyl (C=O) groups excluding carboxylic acids is 4. The zero-order chi connectivity index (χ0) is 43.7. The van der Waals surface area contributed by atoms with E-state index in [4.69, 9.17) is 20.9 Å². The van der Waals surface area contributed by atoms with E-state index in [1.165, 1.54) is 18.2 Å². The van der Waals surface area contributed by atoms with Gasteiger partial charge in [-0.1, -0.05) is 6.92 Å². The molecule has 2 aromatic carbocycles. The van der Waals surface area contributed by atoms with Gasteiger partial charge in [-0.15, -0.1) is 0 Å². The van der Waals surface area contributed by atoms with E-state index in [2.05, 4.69) is 20.2 Å². The molecule has 0 bridgehead atoms. The third-order valence-corrected chi connectivity index (χ3v) is 10.5. The normalized spacial score (nSPS) is 15.9. The number of nitrogens with two attached hydrogens (primary N) is 2. The first kappa shape index (κ1) is 43.0. The highest BCUT2D eigenvalue weighted by Crippen LogP contribution is 2.45. The van der Waals surface area contributed by atoms with Crippen LogP contribution in [0, 0.1) is 13.8 Å². The molecule has 3 atom stereocenters. The molecular formula is C41H51N11O8. The molecule has 1 aliphatic heterocycles. The van der Waals surface area contributed by atoms with Crippen molar-refractivity contribution in [3.05, 3.63) is 81.5 Å². The van der Waals surface area contributed by atoms with Crippen molar-refractivity contribution in [2.24, 2.45) is 28.5 Å². The van der Waals surface area contributed by atoms with E-state index >= 15 is 0 Å². The summed E-state index contributed by atoms with van der Waals surface area (Å²) in [7, 11) is 1.64. The molecule has 4 heterocycles. The standard InChI is InChI=1S/C41H51N11O8/c1-9-51-28(13-21(5)46-51)39(57)44-38-23(7)26-15-24(36(42)55)17-30(53)34(26)49(38)19-32(59-11-3)33(60-12-4)20-50-35-27(16-25(37(43)56)18-31(35)54)48(8)41(50)45-40(58)29-14-22(6)47-52(29)10-2/h13-18,23,32-33,53-54H,9-12,19-20H2,1-8H3,(H2,42,55)(H2,43,56)/b44-38+,45-41+/t23?,32-,33-/m1/s1. The summed E-state index contributed by atoms with van der Waals surface area (Å²) < 4.78 is 19.1. The van der Waals surface area contributed by atoms with Gasteiger partial charge in [0.1, 0.15) is 46.4 Å². The van der Waals surface area contributed by atoms with E-state index in [0.29, 0.717) is 41.2 Å². The van der Waals surface area contributed by atoms with Gasteiger partial charge in [-0.05, 0) is 83.5 Å². The second-order valence-electron chi connectivity index (χ2n) is 14.5. The largest absolute Gasteiger partial charge is 0.506 e. The molecule has 318 valence electrons. The molecule has 60 heavy (non-hydrogen) atoms. The molecule has 0 fully saturated rings. The van der Waals surface area contributed by atoms with E-state index in [-0.39, 0.29) is 77.3 Å². The number of hydrogen-bond donors (Lipinski definition) is 4. The van der Waals surface area contributed by atoms with Crippen molar-refractivity contribution >= 4 is 46.2 Å². The van der Waals surface area contributed by atoms with Crippen LogP contribution in [0.1, 0.15) is 99.2 Å². The molecule has 0 aliphatic carbocycles. The molecule has 6 N–H and O–H groups in total. The van der Waals surface area contributed by atoms with Gasteiger partial charge in [-0.2, -0.15) is 20.2 Å². The molecule has 0 saturated heterocycles. The van der Waals surface area contributed by atoms with Crippen LogP contribution in [0.25, 0.3) is 11.0 Å². The number of amidine groups is 1. The fourth-order valence-electron chi connectivity index (χ4n) is 7.78. The Kier molecular flexibility index (Phi) is 12.4. The number of amides is 4. The first-order valence-electron chi connectivity index (χ1n) is 19.7. The number of phenols is 2. The number of nitrogens with zero attached hydrogens (tertiary/aromatic N) is 9. The van der Waals surface area contributed by atoms with Gasteiger partial charge in [0.2, 0.25) is 17.4 Å². The molecule has 6 rings (SSSR count). The molecule has 19 nitrogen and oxygen atoms in total. The van der Waals surface area contributed by atoms with Crippen LogP contribution in [0.5, 0.6) is 11.5 Å². The number of aliphatic imine (C=N–C) groups is 1. The Morgan fingerprint density at radius 1 is 0.767 bits per heavy atom. The maximum Gasteiger partial charge on any atom is 0.298 e. The van der Waals surface area contributed by atoms with Gasteiger partial charge in [0, 0.05) is 50.4 Å². The van der Waals surface area contributed by atoms with Gasteiger partial charge in [0.15, 0.2) is 0 Å². The lowest BCUT2D eigenvalue weighted by Crippen LogP contribution is -2.47. The number of rotatable bonds is 15. The third-order valence-electron chi connectivity index (χ3n) is 10.5. The van der Waals surface area contributed by atoms with E-state index < -0.39 is 41.8 Å². The molecule has 0 spiro atoms. The highest BCUT2D eigenvalue weighted by Gasteiger charge is 2.40. The van der Waals surface area contributed by atoms with E-state index in [9.17, 15) is 29.4 Å². The lowest BCUT2D eigenvalue weighted by Gasteiger charge is -2.32. The maximum absolute atomic E-state index is 13.9. The highest BCUT2D eigenvalue weighted by molar-refractivity contribution is 6.16. The molecule has 0 saturated carbocycles. The van der Waals surface area contributed by atoms with Crippen LogP contribution < -0.4 is 22.0 Å². The van der Waals surface area contributed by atoms with E-state index in [1.807, 2.05) is 13.8 Å². The summed E-state index contributed by atoms with van der Waals surface area (Å²) >= 11 is 0. The number of imidazole rings is 1. The summed E-state index contributed by atoms with van der Waals surface area (Å²) in [5.41, 5.74) is 14.7. The Labute approximate surface area is 345 Å². The predicted octanol–water partition coefficient (Wildman–Crippen LogP) is 3.05. The van der Waals surface area contributed by atoms with Crippen LogP contribution in [-0.4, -0.2) is 100 Å². The van der Waals surface area contributed by atoms with Crippen LogP contribution in [0.2, 0.25) is 0 Å². The van der Waals surface area contributed by atoms with Crippen molar-refractivity contribution in [2.75, 3.05) is 24.7 Å². The fourth-order valence-corrected chi connectivity index (χ4v) is 7.78. The monoisotopic (exact) mass is 825 g/mol. The Hall–Kier alpha value is -6.60. The minimum absolute atomic E-state index is 0.0268. The summed E-state index contributed by atoms with van der Waals surface area (Å²) in [5, 5.41) is 31.8. The Morgan fingerprint density at radius 3 is 1.82 bits per heavy atom. The van der Waals surface area contributed by atoms with E-state index in [0.717, 1.165) is 0 Å². The number of carbonyl (C=O) groups is 4. The van der Waals surface area contributed by atoms with Crippen LogP contribution in [0.3, 0.4) is 0 Å². The summed E-state index contributed by atoms with van der Waals surface area (Å²) in [6.45, 7) is 13.9. The fraction of sp³-hybridized carbons (Fsp3) is 0.415. The Balaban J connectivity index is 1.51. The number of aromatic hydroxyl groups is 2. The first-order valence-corrected chi connectivity index (χ1v) is 19.7. The number of aryl methyl sites for hydroxylation is 5. The number of phenolic OH excluding ortho intramolecular Hbond substituents is 2. The number of fused-ring (bicyclic) bond motifs is 2. The molecule has 5 aromatic rings. The number of aromatic nitrogens is 6. The lowest BCUT2D eigenvalue weighted by atomic mass is 9.99. The zero-order valence-electron chi connectivity index (χ0n) is 35.0. The van der Waals surface area contributed by atoms with Crippen LogP contribution >= 0.6 is 0 Å². The van der Waals surface area contributed by atoms with Crippen LogP contribution in [0.4, 0.5) is 5.69 Å². The Morgan fingerprint density at radius 2 is 1.28 bits per heavy atom. The van der Waals surface area contributed by atoms with Crippen molar-refractivity contribution < 1.29 is 38.9 Å². The van der Waals surface area contributed by atoms with Crippen LogP contribution in [0.15, 0.2) is 46.4 Å². The molecule has 19 heteroatoms. The number of anilines is 1. The van der Waals surface area contributed by atoms with Gasteiger partial charge < -0.3 is 45.2 Å². The summed E-state index contributed by atoms with van der Waals surface area (Å²) in [4.78, 5) is 63.3. The van der Waals surface area contributed by atoms with Crippen molar-refractivity contribution in [2.45, 2.75) is 86.2 Å². The minimum Gasteiger partial charge on any atom is -0.506 e. The molecule has 0 radical (unpaired) electrons. The first-order chi connectivity index (χ1) is 28.5. The molecular weight excluding hydrogens is 775 g/mol. The SMILES string of the molecule is CCO[C@H](CN1/C(=N/C(=O)c2cc(C)nn2CC)C(C)c2cc(C(N)=O)cc(O)c21)[C@@H](Cn1/c(=N/C(=O)c2cc(C)nn2CC)n(C)c2cc(C(N)=O)cc(O)c21)OCC. The summed E-state index contributed by atoms with van der Waals surface area (Å²) in [5.74, 6) is -3.55. The quantitative estimate of drug-likeness (QED) is 0.119. The van der Waals surface area contributed by atoms with Crippen molar-refractivity contribution in [3.8, 4) is 11.5 Å².